The number of fused-ring (bicyclic) bond motifs is 1. The molecule has 1 aliphatic carbocycles. The van der Waals surface area contributed by atoms with Gasteiger partial charge in [0.2, 0.25) is 0 Å². The molecule has 1 aliphatic heterocycles. The Morgan fingerprint density at radius 1 is 1.03 bits per heavy atom. The third-order valence-corrected chi connectivity index (χ3v) is 6.46. The van der Waals surface area contributed by atoms with Crippen molar-refractivity contribution in [2.75, 3.05) is 25.7 Å². The van der Waals surface area contributed by atoms with E-state index < -0.39 is 0 Å². The number of ether oxygens (including phenoxy) is 2. The van der Waals surface area contributed by atoms with Crippen LogP contribution in [0.1, 0.15) is 42.3 Å². The number of nitrogens with zero attached hydrogens (tertiary/aromatic N) is 2. The molecular weight excluding hydrogens is 472 g/mol. The highest BCUT2D eigenvalue weighted by Crippen LogP contribution is 2.47. The van der Waals surface area contributed by atoms with E-state index in [1.807, 2.05) is 49.4 Å². The third kappa shape index (κ3) is 5.63. The Labute approximate surface area is 219 Å². The number of halogens is 1. The zero-order valence-corrected chi connectivity index (χ0v) is 22.3. The quantitative estimate of drug-likeness (QED) is 0.416. The molecule has 0 atom stereocenters. The zero-order chi connectivity index (χ0) is 25.0. The van der Waals surface area contributed by atoms with Gasteiger partial charge in [-0.2, -0.15) is 0 Å². The number of esters is 1. The van der Waals surface area contributed by atoms with Crippen molar-refractivity contribution in [2.45, 2.75) is 32.7 Å². The highest BCUT2D eigenvalue weighted by Gasteiger charge is 2.38. The second kappa shape index (κ2) is 11.4. The summed E-state index contributed by atoms with van der Waals surface area (Å²) in [4.78, 5) is 18.9. The first-order valence-corrected chi connectivity index (χ1v) is 11.8. The maximum absolute atomic E-state index is 12.0. The topological polar surface area (TPSA) is 51.1 Å². The Hall–Kier alpha value is -3.57. The fourth-order valence-electron chi connectivity index (χ4n) is 4.49. The van der Waals surface area contributed by atoms with Gasteiger partial charge < -0.3 is 14.4 Å². The summed E-state index contributed by atoms with van der Waals surface area (Å²) in [7, 11) is 3.47. The highest BCUT2D eigenvalue weighted by molar-refractivity contribution is 6.06. The van der Waals surface area contributed by atoms with Crippen molar-refractivity contribution in [3.63, 3.8) is 0 Å². The molecule has 188 valence electrons. The van der Waals surface area contributed by atoms with Gasteiger partial charge in [0.05, 0.1) is 31.5 Å². The SMILES string of the molecule is CCOc1ccc(CN=C2C=CC(=CC=C3N(C)c4ccc(C(=O)OC)cc4C3(C)C)C=C2)cc1.Cl. The number of methoxy groups -OCH3 is 1. The number of carbonyl (C=O) groups is 1. The molecule has 0 N–H and O–H groups in total. The molecule has 2 aromatic rings. The molecule has 0 bridgehead atoms. The van der Waals surface area contributed by atoms with Crippen molar-refractivity contribution in [1.29, 1.82) is 0 Å². The zero-order valence-electron chi connectivity index (χ0n) is 21.4. The summed E-state index contributed by atoms with van der Waals surface area (Å²) in [5, 5.41) is 0. The van der Waals surface area contributed by atoms with Gasteiger partial charge in [0.1, 0.15) is 5.75 Å². The van der Waals surface area contributed by atoms with E-state index in [0.29, 0.717) is 18.7 Å². The number of hydrogen-bond acceptors (Lipinski definition) is 5. The van der Waals surface area contributed by atoms with Crippen molar-refractivity contribution < 1.29 is 14.3 Å². The molecule has 0 saturated carbocycles. The van der Waals surface area contributed by atoms with E-state index in [4.69, 9.17) is 14.5 Å². The maximum Gasteiger partial charge on any atom is 0.337 e. The smallest absolute Gasteiger partial charge is 0.337 e. The minimum atomic E-state index is -0.316. The first-order valence-electron chi connectivity index (χ1n) is 11.8. The van der Waals surface area contributed by atoms with E-state index in [2.05, 4.69) is 62.2 Å². The molecule has 0 unspecified atom stereocenters. The Morgan fingerprint density at radius 3 is 2.36 bits per heavy atom. The average molecular weight is 505 g/mol. The summed E-state index contributed by atoms with van der Waals surface area (Å²) >= 11 is 0. The van der Waals surface area contributed by atoms with Crippen LogP contribution in [0.2, 0.25) is 0 Å². The number of likely N-dealkylation sites (N-methyl/N-ethyl adjacent to an activating group) is 1. The molecule has 36 heavy (non-hydrogen) atoms. The molecule has 1 heterocycles. The second-order valence-corrected chi connectivity index (χ2v) is 9.11. The van der Waals surface area contributed by atoms with E-state index in [-0.39, 0.29) is 23.8 Å². The molecule has 4 rings (SSSR count). The largest absolute Gasteiger partial charge is 0.494 e. The Kier molecular flexibility index (Phi) is 8.59. The van der Waals surface area contributed by atoms with Crippen molar-refractivity contribution in [3.05, 3.63) is 107 Å². The lowest BCUT2D eigenvalue weighted by Crippen LogP contribution is -2.22. The van der Waals surface area contributed by atoms with Crippen LogP contribution in [-0.4, -0.2) is 32.4 Å². The third-order valence-electron chi connectivity index (χ3n) is 6.46. The summed E-state index contributed by atoms with van der Waals surface area (Å²) in [6.45, 7) is 7.64. The molecule has 0 amide bonds. The number of allylic oxidation sites excluding steroid dienone is 8. The van der Waals surface area contributed by atoms with Crippen molar-refractivity contribution in [2.24, 2.45) is 4.99 Å². The second-order valence-electron chi connectivity index (χ2n) is 9.11. The number of carbonyl (C=O) groups excluding carboxylic acids is 1. The van der Waals surface area contributed by atoms with Gasteiger partial charge in [-0.05, 0) is 72.2 Å². The summed E-state index contributed by atoms with van der Waals surface area (Å²) < 4.78 is 10.4. The highest BCUT2D eigenvalue weighted by atomic mass is 35.5. The molecule has 0 fully saturated rings. The standard InChI is InChI=1S/C30H32N2O3.ClH/c1-6-35-25-15-9-22(10-16-25)20-31-24-13-7-21(8-14-24)11-18-28-30(2,3)26-19-23(29(33)34-5)12-17-27(26)32(28)4;/h7-19H,6,20H2,1-5H3;1H. The summed E-state index contributed by atoms with van der Waals surface area (Å²) in [5.41, 5.74) is 6.92. The van der Waals surface area contributed by atoms with Gasteiger partial charge in [-0.3, -0.25) is 4.99 Å². The van der Waals surface area contributed by atoms with Gasteiger partial charge in [-0.1, -0.05) is 44.2 Å². The molecule has 2 aliphatic rings. The predicted molar refractivity (Wildman–Crippen MR) is 150 cm³/mol. The monoisotopic (exact) mass is 504 g/mol. The Balaban J connectivity index is 0.00000361. The lowest BCUT2D eigenvalue weighted by Gasteiger charge is -2.24. The summed E-state index contributed by atoms with van der Waals surface area (Å²) in [5.74, 6) is 0.566. The van der Waals surface area contributed by atoms with E-state index in [1.165, 1.54) is 12.8 Å². The first kappa shape index (κ1) is 27.0. The lowest BCUT2D eigenvalue weighted by atomic mass is 9.83. The summed E-state index contributed by atoms with van der Waals surface area (Å²) in [6, 6.07) is 13.8. The molecule has 0 spiro atoms. The van der Waals surface area contributed by atoms with Crippen LogP contribution in [0, 0.1) is 0 Å². The molecule has 0 radical (unpaired) electrons. The van der Waals surface area contributed by atoms with Crippen LogP contribution in [0.4, 0.5) is 5.69 Å². The van der Waals surface area contributed by atoms with Crippen LogP contribution in [0.3, 0.4) is 0 Å². The van der Waals surface area contributed by atoms with E-state index in [0.717, 1.165) is 33.8 Å². The Bertz CT molecular complexity index is 1250. The normalized spacial score (nSPS) is 16.5. The van der Waals surface area contributed by atoms with Gasteiger partial charge in [-0.15, -0.1) is 12.4 Å². The van der Waals surface area contributed by atoms with Gasteiger partial charge in [0.15, 0.2) is 0 Å². The maximum atomic E-state index is 12.0. The Morgan fingerprint density at radius 2 is 1.72 bits per heavy atom. The number of aliphatic imine (C=N–C) groups is 1. The van der Waals surface area contributed by atoms with Crippen LogP contribution in [0.15, 0.2) is 95.2 Å². The number of rotatable bonds is 6. The summed E-state index contributed by atoms with van der Waals surface area (Å²) in [6.07, 6.45) is 12.5. The number of anilines is 1. The average Bonchev–Trinajstić information content (AvgIpc) is 3.06. The molecule has 2 aromatic carbocycles. The number of hydrogen-bond donors (Lipinski definition) is 0. The molecule has 5 nitrogen and oxygen atoms in total. The van der Waals surface area contributed by atoms with Crippen LogP contribution in [0.5, 0.6) is 5.75 Å². The van der Waals surface area contributed by atoms with Gasteiger partial charge in [0, 0.05) is 23.8 Å². The minimum Gasteiger partial charge on any atom is -0.494 e. The van der Waals surface area contributed by atoms with Gasteiger partial charge in [-0.25, -0.2) is 4.79 Å². The van der Waals surface area contributed by atoms with Gasteiger partial charge >= 0.3 is 5.97 Å². The van der Waals surface area contributed by atoms with Crippen LogP contribution < -0.4 is 9.64 Å². The fraction of sp³-hybridized carbons (Fsp3) is 0.267. The minimum absolute atomic E-state index is 0. The van der Waals surface area contributed by atoms with Crippen molar-refractivity contribution in [1.82, 2.24) is 0 Å². The molecule has 6 heteroatoms. The molecule has 0 saturated heterocycles. The van der Waals surface area contributed by atoms with Crippen LogP contribution in [0.25, 0.3) is 0 Å². The number of benzene rings is 2. The predicted octanol–water partition coefficient (Wildman–Crippen LogP) is 6.60. The van der Waals surface area contributed by atoms with Crippen molar-refractivity contribution >= 4 is 29.8 Å². The first-order chi connectivity index (χ1) is 16.8. The van der Waals surface area contributed by atoms with Gasteiger partial charge in [0.25, 0.3) is 0 Å². The lowest BCUT2D eigenvalue weighted by molar-refractivity contribution is 0.0600. The van der Waals surface area contributed by atoms with E-state index in [1.54, 1.807) is 0 Å². The van der Waals surface area contributed by atoms with E-state index >= 15 is 0 Å². The van der Waals surface area contributed by atoms with Crippen LogP contribution >= 0.6 is 12.4 Å². The van der Waals surface area contributed by atoms with E-state index in [9.17, 15) is 4.79 Å². The molecular formula is C30H33ClN2O3. The van der Waals surface area contributed by atoms with Crippen molar-refractivity contribution in [3.8, 4) is 5.75 Å². The fourth-order valence-corrected chi connectivity index (χ4v) is 4.49. The molecule has 0 aromatic heterocycles. The van der Waals surface area contributed by atoms with Crippen LogP contribution in [-0.2, 0) is 16.7 Å².